The van der Waals surface area contributed by atoms with Crippen molar-refractivity contribution in [2.45, 2.75) is 27.3 Å². The molecule has 0 saturated carbocycles. The van der Waals surface area contributed by atoms with Crippen molar-refractivity contribution in [3.8, 4) is 0 Å². The standard InChI is InChI=1S/C22H23N3O4/c1-14(2)12-25-21(27)17-10-6-5-9-16(17)20(24-25)22(28)29-13-19(26)23-18-11-7-4-8-15(18)3/h4-11,14H,12-13H2,1-3H3,(H,23,26). The van der Waals surface area contributed by atoms with Gasteiger partial charge in [-0.25, -0.2) is 9.48 Å². The molecular formula is C22H23N3O4. The van der Waals surface area contributed by atoms with E-state index in [0.717, 1.165) is 5.56 Å². The zero-order valence-electron chi connectivity index (χ0n) is 16.6. The maximum absolute atomic E-state index is 12.7. The molecule has 3 rings (SSSR count). The molecule has 0 unspecified atom stereocenters. The lowest BCUT2D eigenvalue weighted by atomic mass is 10.1. The van der Waals surface area contributed by atoms with E-state index >= 15 is 0 Å². The fourth-order valence-electron chi connectivity index (χ4n) is 2.95. The summed E-state index contributed by atoms with van der Waals surface area (Å²) in [4.78, 5) is 37.4. The number of hydrogen-bond acceptors (Lipinski definition) is 5. The van der Waals surface area contributed by atoms with Crippen LogP contribution in [0.3, 0.4) is 0 Å². The van der Waals surface area contributed by atoms with Crippen LogP contribution in [0.1, 0.15) is 29.9 Å². The summed E-state index contributed by atoms with van der Waals surface area (Å²) in [7, 11) is 0. The highest BCUT2D eigenvalue weighted by atomic mass is 16.5. The SMILES string of the molecule is Cc1ccccc1NC(=O)COC(=O)c1nn(CC(C)C)c(=O)c2ccccc12. The van der Waals surface area contributed by atoms with Gasteiger partial charge < -0.3 is 10.1 Å². The number of fused-ring (bicyclic) bond motifs is 1. The number of amides is 1. The van der Waals surface area contributed by atoms with E-state index in [1.165, 1.54) is 4.68 Å². The summed E-state index contributed by atoms with van der Waals surface area (Å²) in [5.41, 5.74) is 1.32. The number of aryl methyl sites for hydroxylation is 1. The Morgan fingerprint density at radius 2 is 1.72 bits per heavy atom. The first kappa shape index (κ1) is 20.3. The minimum Gasteiger partial charge on any atom is -0.451 e. The first-order valence-electron chi connectivity index (χ1n) is 9.39. The van der Waals surface area contributed by atoms with Gasteiger partial charge >= 0.3 is 5.97 Å². The first-order valence-corrected chi connectivity index (χ1v) is 9.39. The molecule has 7 heteroatoms. The summed E-state index contributed by atoms with van der Waals surface area (Å²) in [6.45, 7) is 5.70. The molecular weight excluding hydrogens is 370 g/mol. The summed E-state index contributed by atoms with van der Waals surface area (Å²) in [6, 6.07) is 14.1. The Labute approximate surface area is 168 Å². The number of carbonyl (C=O) groups excluding carboxylic acids is 2. The van der Waals surface area contributed by atoms with E-state index in [4.69, 9.17) is 4.74 Å². The summed E-state index contributed by atoms with van der Waals surface area (Å²) in [5, 5.41) is 7.72. The van der Waals surface area contributed by atoms with Crippen molar-refractivity contribution >= 4 is 28.3 Å². The minimum absolute atomic E-state index is 0.0181. The molecule has 2 aromatic carbocycles. The average molecular weight is 393 g/mol. The van der Waals surface area contributed by atoms with Gasteiger partial charge in [-0.15, -0.1) is 0 Å². The first-order chi connectivity index (χ1) is 13.9. The summed E-state index contributed by atoms with van der Waals surface area (Å²) >= 11 is 0. The lowest BCUT2D eigenvalue weighted by Gasteiger charge is -2.12. The fraction of sp³-hybridized carbons (Fsp3) is 0.273. The average Bonchev–Trinajstić information content (AvgIpc) is 2.70. The molecule has 0 aliphatic heterocycles. The fourth-order valence-corrected chi connectivity index (χ4v) is 2.95. The Hall–Kier alpha value is -3.48. The number of benzene rings is 2. The summed E-state index contributed by atoms with van der Waals surface area (Å²) in [5.74, 6) is -1.03. The molecule has 3 aromatic rings. The van der Waals surface area contributed by atoms with Crippen LogP contribution >= 0.6 is 0 Å². The second kappa shape index (κ2) is 8.68. The number of nitrogens with zero attached hydrogens (tertiary/aromatic N) is 2. The third-order valence-electron chi connectivity index (χ3n) is 4.35. The molecule has 0 saturated heterocycles. The third-order valence-corrected chi connectivity index (χ3v) is 4.35. The van der Waals surface area contributed by atoms with Crippen LogP contribution in [0.5, 0.6) is 0 Å². The number of rotatable bonds is 6. The minimum atomic E-state index is -0.751. The van der Waals surface area contributed by atoms with Crippen LogP contribution in [-0.4, -0.2) is 28.3 Å². The quantitative estimate of drug-likeness (QED) is 0.650. The highest BCUT2D eigenvalue weighted by molar-refractivity contribution is 6.03. The molecule has 0 bridgehead atoms. The maximum atomic E-state index is 12.7. The van der Waals surface area contributed by atoms with Crippen LogP contribution < -0.4 is 10.9 Å². The van der Waals surface area contributed by atoms with Gasteiger partial charge in [0.15, 0.2) is 12.3 Å². The largest absolute Gasteiger partial charge is 0.451 e. The van der Waals surface area contributed by atoms with Gasteiger partial charge in [-0.2, -0.15) is 5.10 Å². The summed E-state index contributed by atoms with van der Waals surface area (Å²) < 4.78 is 6.46. The number of anilines is 1. The second-order valence-corrected chi connectivity index (χ2v) is 7.21. The van der Waals surface area contributed by atoms with Gasteiger partial charge in [-0.1, -0.05) is 50.2 Å². The van der Waals surface area contributed by atoms with Crippen molar-refractivity contribution in [2.75, 3.05) is 11.9 Å². The molecule has 1 aromatic heterocycles. The maximum Gasteiger partial charge on any atom is 0.359 e. The van der Waals surface area contributed by atoms with E-state index in [1.807, 2.05) is 39.0 Å². The molecule has 0 spiro atoms. The van der Waals surface area contributed by atoms with Gasteiger partial charge in [0.1, 0.15) is 0 Å². The van der Waals surface area contributed by atoms with Gasteiger partial charge in [-0.3, -0.25) is 9.59 Å². The van der Waals surface area contributed by atoms with Crippen LogP contribution in [0.25, 0.3) is 10.8 Å². The van der Waals surface area contributed by atoms with E-state index < -0.39 is 18.5 Å². The Kier molecular flexibility index (Phi) is 6.07. The van der Waals surface area contributed by atoms with Crippen molar-refractivity contribution in [3.63, 3.8) is 0 Å². The van der Waals surface area contributed by atoms with Crippen molar-refractivity contribution in [1.29, 1.82) is 0 Å². The second-order valence-electron chi connectivity index (χ2n) is 7.21. The van der Waals surface area contributed by atoms with E-state index in [0.29, 0.717) is 23.0 Å². The molecule has 0 fully saturated rings. The Morgan fingerprint density at radius 1 is 1.07 bits per heavy atom. The van der Waals surface area contributed by atoms with Crippen molar-refractivity contribution in [3.05, 3.63) is 70.1 Å². The van der Waals surface area contributed by atoms with Gasteiger partial charge in [0.2, 0.25) is 0 Å². The highest BCUT2D eigenvalue weighted by Gasteiger charge is 2.19. The number of hydrogen-bond donors (Lipinski definition) is 1. The zero-order chi connectivity index (χ0) is 21.0. The number of nitrogens with one attached hydrogen (secondary N) is 1. The van der Waals surface area contributed by atoms with Crippen LogP contribution in [0.2, 0.25) is 0 Å². The predicted octanol–water partition coefficient (Wildman–Crippen LogP) is 3.16. The molecule has 150 valence electrons. The molecule has 1 heterocycles. The molecule has 0 aliphatic rings. The highest BCUT2D eigenvalue weighted by Crippen LogP contribution is 2.16. The Bertz CT molecular complexity index is 1120. The van der Waals surface area contributed by atoms with Crippen LogP contribution in [0, 0.1) is 12.8 Å². The van der Waals surface area contributed by atoms with Gasteiger partial charge in [0, 0.05) is 17.6 Å². The number of esters is 1. The predicted molar refractivity (Wildman–Crippen MR) is 111 cm³/mol. The smallest absolute Gasteiger partial charge is 0.359 e. The monoisotopic (exact) mass is 393 g/mol. The topological polar surface area (TPSA) is 90.3 Å². The summed E-state index contributed by atoms with van der Waals surface area (Å²) in [6.07, 6.45) is 0. The van der Waals surface area contributed by atoms with Gasteiger partial charge in [-0.05, 0) is 30.5 Å². The number of carbonyl (C=O) groups is 2. The number of ether oxygens (including phenoxy) is 1. The molecule has 0 atom stereocenters. The Morgan fingerprint density at radius 3 is 2.41 bits per heavy atom. The van der Waals surface area contributed by atoms with Gasteiger partial charge in [0.05, 0.1) is 5.39 Å². The molecule has 0 aliphatic carbocycles. The van der Waals surface area contributed by atoms with E-state index in [1.54, 1.807) is 30.3 Å². The van der Waals surface area contributed by atoms with E-state index in [9.17, 15) is 14.4 Å². The molecule has 1 N–H and O–H groups in total. The lowest BCUT2D eigenvalue weighted by Crippen LogP contribution is -2.29. The third kappa shape index (κ3) is 4.68. The van der Waals surface area contributed by atoms with E-state index in [-0.39, 0.29) is 17.2 Å². The molecule has 0 radical (unpaired) electrons. The molecule has 1 amide bonds. The number of para-hydroxylation sites is 1. The van der Waals surface area contributed by atoms with E-state index in [2.05, 4.69) is 10.4 Å². The molecule has 29 heavy (non-hydrogen) atoms. The number of aromatic nitrogens is 2. The zero-order valence-corrected chi connectivity index (χ0v) is 16.6. The normalized spacial score (nSPS) is 10.9. The lowest BCUT2D eigenvalue weighted by molar-refractivity contribution is -0.119. The van der Waals surface area contributed by atoms with Crippen molar-refractivity contribution in [2.24, 2.45) is 5.92 Å². The van der Waals surface area contributed by atoms with Crippen LogP contribution in [0.15, 0.2) is 53.3 Å². The Balaban J connectivity index is 1.81. The molecule has 7 nitrogen and oxygen atoms in total. The van der Waals surface area contributed by atoms with Crippen LogP contribution in [0.4, 0.5) is 5.69 Å². The van der Waals surface area contributed by atoms with Crippen molar-refractivity contribution in [1.82, 2.24) is 9.78 Å². The van der Waals surface area contributed by atoms with Crippen LogP contribution in [-0.2, 0) is 16.1 Å². The van der Waals surface area contributed by atoms with Crippen molar-refractivity contribution < 1.29 is 14.3 Å². The van der Waals surface area contributed by atoms with Gasteiger partial charge in [0.25, 0.3) is 11.5 Å².